The Labute approximate surface area is 161 Å². The van der Waals surface area contributed by atoms with E-state index in [0.717, 1.165) is 22.6 Å². The van der Waals surface area contributed by atoms with Gasteiger partial charge in [0.2, 0.25) is 5.91 Å². The van der Waals surface area contributed by atoms with E-state index in [4.69, 9.17) is 9.47 Å². The number of benzene rings is 2. The second-order valence-electron chi connectivity index (χ2n) is 7.84. The lowest BCUT2D eigenvalue weighted by molar-refractivity contribution is -0.117. The van der Waals surface area contributed by atoms with Crippen LogP contribution >= 0.6 is 0 Å². The highest BCUT2D eigenvalue weighted by Crippen LogP contribution is 2.32. The van der Waals surface area contributed by atoms with Crippen LogP contribution < -0.4 is 14.8 Å². The first-order chi connectivity index (χ1) is 12.8. The van der Waals surface area contributed by atoms with Gasteiger partial charge in [-0.1, -0.05) is 51.1 Å². The molecule has 0 bridgehead atoms. The van der Waals surface area contributed by atoms with Crippen LogP contribution in [0.5, 0.6) is 11.5 Å². The van der Waals surface area contributed by atoms with Crippen LogP contribution in [0, 0.1) is 0 Å². The summed E-state index contributed by atoms with van der Waals surface area (Å²) < 4.78 is 11.1. The van der Waals surface area contributed by atoms with Gasteiger partial charge in [-0.05, 0) is 47.2 Å². The monoisotopic (exact) mass is 365 g/mol. The predicted octanol–water partition coefficient (Wildman–Crippen LogP) is 4.65. The maximum absolute atomic E-state index is 12.3. The molecule has 1 heterocycles. The minimum absolute atomic E-state index is 0.124. The maximum Gasteiger partial charge on any atom is 0.244 e. The van der Waals surface area contributed by atoms with Crippen LogP contribution in [0.15, 0.2) is 48.5 Å². The summed E-state index contributed by atoms with van der Waals surface area (Å²) >= 11 is 0. The van der Waals surface area contributed by atoms with Gasteiger partial charge in [-0.3, -0.25) is 4.79 Å². The Hall–Kier alpha value is -2.75. The van der Waals surface area contributed by atoms with Crippen LogP contribution in [0.2, 0.25) is 0 Å². The molecule has 1 amide bonds. The molecule has 2 aromatic rings. The van der Waals surface area contributed by atoms with Gasteiger partial charge in [0.25, 0.3) is 0 Å². The van der Waals surface area contributed by atoms with Crippen molar-refractivity contribution in [3.8, 4) is 11.5 Å². The third kappa shape index (κ3) is 4.91. The van der Waals surface area contributed by atoms with E-state index < -0.39 is 0 Å². The van der Waals surface area contributed by atoms with Crippen molar-refractivity contribution >= 4 is 12.0 Å². The zero-order valence-corrected chi connectivity index (χ0v) is 16.4. The van der Waals surface area contributed by atoms with Crippen molar-refractivity contribution in [1.29, 1.82) is 0 Å². The summed E-state index contributed by atoms with van der Waals surface area (Å²) in [6.45, 7) is 9.63. The fourth-order valence-corrected chi connectivity index (χ4v) is 2.94. The van der Waals surface area contributed by atoms with Crippen LogP contribution in [0.25, 0.3) is 6.08 Å². The molecule has 2 aromatic carbocycles. The summed E-state index contributed by atoms with van der Waals surface area (Å²) in [5.41, 5.74) is 3.38. The Balaban J connectivity index is 1.60. The molecular formula is C23H27NO3. The molecule has 0 spiro atoms. The predicted molar refractivity (Wildman–Crippen MR) is 108 cm³/mol. The van der Waals surface area contributed by atoms with Crippen molar-refractivity contribution in [1.82, 2.24) is 5.32 Å². The second-order valence-corrected chi connectivity index (χ2v) is 7.84. The van der Waals surface area contributed by atoms with Gasteiger partial charge in [0, 0.05) is 6.08 Å². The summed E-state index contributed by atoms with van der Waals surface area (Å²) in [5.74, 6) is 1.36. The molecule has 0 saturated heterocycles. The van der Waals surface area contributed by atoms with Crippen LogP contribution in [-0.4, -0.2) is 19.1 Å². The standard InChI is InChI=1S/C23H27NO3/c1-16(18-8-11-20-21(15-18)27-14-13-26-20)24-22(25)12-7-17-5-9-19(10-6-17)23(2,3)4/h5-12,15-16H,13-14H2,1-4H3,(H,24,25)/b12-7+/t16-/m0/s1. The quantitative estimate of drug-likeness (QED) is 0.803. The fourth-order valence-electron chi connectivity index (χ4n) is 2.94. The number of fused-ring (bicyclic) bond motifs is 1. The Morgan fingerprint density at radius 1 is 1.04 bits per heavy atom. The van der Waals surface area contributed by atoms with Crippen LogP contribution in [0.1, 0.15) is 50.4 Å². The van der Waals surface area contributed by atoms with E-state index in [-0.39, 0.29) is 17.4 Å². The second kappa shape index (κ2) is 7.87. The Morgan fingerprint density at radius 2 is 1.70 bits per heavy atom. The highest BCUT2D eigenvalue weighted by molar-refractivity contribution is 5.92. The molecule has 3 rings (SSSR count). The molecule has 0 radical (unpaired) electrons. The number of ether oxygens (including phenoxy) is 2. The van der Waals surface area contributed by atoms with E-state index in [9.17, 15) is 4.79 Å². The Bertz CT molecular complexity index is 832. The van der Waals surface area contributed by atoms with Gasteiger partial charge in [-0.25, -0.2) is 0 Å². The smallest absolute Gasteiger partial charge is 0.244 e. The van der Waals surface area contributed by atoms with E-state index in [1.54, 1.807) is 6.08 Å². The van der Waals surface area contributed by atoms with Crippen molar-refractivity contribution in [2.75, 3.05) is 13.2 Å². The molecule has 1 N–H and O–H groups in total. The first-order valence-electron chi connectivity index (χ1n) is 9.31. The molecule has 0 fully saturated rings. The zero-order chi connectivity index (χ0) is 19.4. The maximum atomic E-state index is 12.3. The molecular weight excluding hydrogens is 338 g/mol. The molecule has 0 saturated carbocycles. The van der Waals surface area contributed by atoms with Gasteiger partial charge in [0.05, 0.1) is 6.04 Å². The van der Waals surface area contributed by atoms with Crippen LogP contribution in [0.4, 0.5) is 0 Å². The van der Waals surface area contributed by atoms with E-state index >= 15 is 0 Å². The van der Waals surface area contributed by atoms with Crippen molar-refractivity contribution in [2.24, 2.45) is 0 Å². The van der Waals surface area contributed by atoms with E-state index in [1.807, 2.05) is 43.3 Å². The number of hydrogen-bond donors (Lipinski definition) is 1. The van der Waals surface area contributed by atoms with Gasteiger partial charge in [-0.15, -0.1) is 0 Å². The number of hydrogen-bond acceptors (Lipinski definition) is 3. The van der Waals surface area contributed by atoms with Gasteiger partial charge in [0.15, 0.2) is 11.5 Å². The average Bonchev–Trinajstić information content (AvgIpc) is 2.65. The van der Waals surface area contributed by atoms with E-state index in [2.05, 4.69) is 38.2 Å². The third-order valence-corrected chi connectivity index (χ3v) is 4.63. The topological polar surface area (TPSA) is 47.6 Å². The molecule has 1 aliphatic heterocycles. The van der Waals surface area contributed by atoms with E-state index in [1.165, 1.54) is 5.56 Å². The number of amides is 1. The first kappa shape index (κ1) is 19.0. The number of carbonyl (C=O) groups excluding carboxylic acids is 1. The summed E-state index contributed by atoms with van der Waals surface area (Å²) in [4.78, 5) is 12.3. The molecule has 142 valence electrons. The normalized spacial score (nSPS) is 14.8. The van der Waals surface area contributed by atoms with Gasteiger partial charge < -0.3 is 14.8 Å². The minimum atomic E-state index is -0.128. The Kier molecular flexibility index (Phi) is 5.54. The van der Waals surface area contributed by atoms with Gasteiger partial charge >= 0.3 is 0 Å². The van der Waals surface area contributed by atoms with Crippen LogP contribution in [0.3, 0.4) is 0 Å². The SMILES string of the molecule is C[C@H](NC(=O)/C=C/c1ccc(C(C)(C)C)cc1)c1ccc2c(c1)OCCO2. The van der Waals surface area contributed by atoms with Gasteiger partial charge in [-0.2, -0.15) is 0 Å². The highest BCUT2D eigenvalue weighted by atomic mass is 16.6. The molecule has 27 heavy (non-hydrogen) atoms. The summed E-state index contributed by atoms with van der Waals surface area (Å²) in [7, 11) is 0. The molecule has 0 unspecified atom stereocenters. The number of carbonyl (C=O) groups is 1. The Morgan fingerprint density at radius 3 is 2.37 bits per heavy atom. The molecule has 4 nitrogen and oxygen atoms in total. The largest absolute Gasteiger partial charge is 0.486 e. The fraction of sp³-hybridized carbons (Fsp3) is 0.348. The van der Waals surface area contributed by atoms with Crippen LogP contribution in [-0.2, 0) is 10.2 Å². The van der Waals surface area contributed by atoms with E-state index in [0.29, 0.717) is 13.2 Å². The lowest BCUT2D eigenvalue weighted by Gasteiger charge is -2.20. The molecule has 0 aliphatic carbocycles. The number of nitrogens with one attached hydrogen (secondary N) is 1. The van der Waals surface area contributed by atoms with Gasteiger partial charge in [0.1, 0.15) is 13.2 Å². The average molecular weight is 365 g/mol. The van der Waals surface area contributed by atoms with Crippen molar-refractivity contribution in [3.63, 3.8) is 0 Å². The molecule has 0 aromatic heterocycles. The summed E-state index contributed by atoms with van der Waals surface area (Å²) in [6, 6.07) is 13.9. The summed E-state index contributed by atoms with van der Waals surface area (Å²) in [5, 5.41) is 2.99. The third-order valence-electron chi connectivity index (χ3n) is 4.63. The minimum Gasteiger partial charge on any atom is -0.486 e. The zero-order valence-electron chi connectivity index (χ0n) is 16.4. The first-order valence-corrected chi connectivity index (χ1v) is 9.31. The van der Waals surface area contributed by atoms with Crippen molar-refractivity contribution in [2.45, 2.75) is 39.2 Å². The van der Waals surface area contributed by atoms with Crippen molar-refractivity contribution < 1.29 is 14.3 Å². The molecule has 1 atom stereocenters. The van der Waals surface area contributed by atoms with Crippen molar-refractivity contribution in [3.05, 3.63) is 65.2 Å². The number of rotatable bonds is 4. The highest BCUT2D eigenvalue weighted by Gasteiger charge is 2.15. The molecule has 4 heteroatoms. The summed E-state index contributed by atoms with van der Waals surface area (Å²) in [6.07, 6.45) is 3.40. The molecule has 1 aliphatic rings. The lowest BCUT2D eigenvalue weighted by Crippen LogP contribution is -2.25. The lowest BCUT2D eigenvalue weighted by atomic mass is 9.87.